The summed E-state index contributed by atoms with van der Waals surface area (Å²) in [5.41, 5.74) is 0.912. The van der Waals surface area contributed by atoms with Crippen molar-refractivity contribution in [2.24, 2.45) is 0 Å². The van der Waals surface area contributed by atoms with Gasteiger partial charge in [-0.25, -0.2) is 0 Å². The SMILES string of the molecule is CN1CCC(Sc2nnc(-c3ccc(Cl)cc3)n2Cc2ccco2)C1=O. The van der Waals surface area contributed by atoms with E-state index in [0.29, 0.717) is 16.7 Å². The van der Waals surface area contributed by atoms with Crippen LogP contribution >= 0.6 is 23.4 Å². The molecule has 0 N–H and O–H groups in total. The summed E-state index contributed by atoms with van der Waals surface area (Å²) in [6, 6.07) is 11.2. The largest absolute Gasteiger partial charge is 0.467 e. The van der Waals surface area contributed by atoms with Gasteiger partial charge in [-0.2, -0.15) is 0 Å². The Morgan fingerprint density at radius 1 is 1.27 bits per heavy atom. The van der Waals surface area contributed by atoms with Gasteiger partial charge < -0.3 is 9.32 Å². The van der Waals surface area contributed by atoms with Crippen LogP contribution in [-0.4, -0.2) is 44.4 Å². The molecule has 0 aliphatic carbocycles. The van der Waals surface area contributed by atoms with E-state index in [0.717, 1.165) is 30.1 Å². The Kier molecular flexibility index (Phi) is 4.74. The molecule has 3 aromatic rings. The molecule has 1 aromatic carbocycles. The summed E-state index contributed by atoms with van der Waals surface area (Å²) < 4.78 is 7.48. The topological polar surface area (TPSA) is 64.2 Å². The van der Waals surface area contributed by atoms with Gasteiger partial charge in [0.15, 0.2) is 11.0 Å². The third kappa shape index (κ3) is 3.37. The normalized spacial score (nSPS) is 17.2. The summed E-state index contributed by atoms with van der Waals surface area (Å²) >= 11 is 7.46. The Balaban J connectivity index is 1.69. The van der Waals surface area contributed by atoms with Crippen LogP contribution in [0.3, 0.4) is 0 Å². The minimum atomic E-state index is -0.127. The lowest BCUT2D eigenvalue weighted by molar-refractivity contribution is -0.126. The Bertz CT molecular complexity index is 908. The van der Waals surface area contributed by atoms with Crippen LogP contribution in [0.4, 0.5) is 0 Å². The number of amides is 1. The summed E-state index contributed by atoms with van der Waals surface area (Å²) in [6.07, 6.45) is 2.45. The zero-order valence-corrected chi connectivity index (χ0v) is 15.7. The van der Waals surface area contributed by atoms with Crippen LogP contribution in [0.1, 0.15) is 12.2 Å². The van der Waals surface area contributed by atoms with Crippen LogP contribution in [-0.2, 0) is 11.3 Å². The van der Waals surface area contributed by atoms with E-state index in [4.69, 9.17) is 16.0 Å². The third-order valence-electron chi connectivity index (χ3n) is 4.34. The lowest BCUT2D eigenvalue weighted by Gasteiger charge is -2.12. The van der Waals surface area contributed by atoms with Crippen molar-refractivity contribution in [1.82, 2.24) is 19.7 Å². The minimum absolute atomic E-state index is 0.127. The van der Waals surface area contributed by atoms with Crippen LogP contribution in [0, 0.1) is 0 Å². The first-order valence-corrected chi connectivity index (χ1v) is 9.51. The molecular weight excluding hydrogens is 372 g/mol. The van der Waals surface area contributed by atoms with Crippen LogP contribution in [0.5, 0.6) is 0 Å². The number of hydrogen-bond acceptors (Lipinski definition) is 5. The van der Waals surface area contributed by atoms with E-state index in [9.17, 15) is 4.79 Å². The van der Waals surface area contributed by atoms with E-state index in [1.807, 2.05) is 48.0 Å². The van der Waals surface area contributed by atoms with E-state index in [2.05, 4.69) is 10.2 Å². The molecule has 0 spiro atoms. The third-order valence-corrected chi connectivity index (χ3v) is 5.83. The van der Waals surface area contributed by atoms with Crippen LogP contribution < -0.4 is 0 Å². The zero-order valence-electron chi connectivity index (χ0n) is 14.1. The number of furan rings is 1. The van der Waals surface area contributed by atoms with Crippen molar-refractivity contribution in [2.75, 3.05) is 13.6 Å². The molecule has 1 fully saturated rings. The molecule has 0 radical (unpaired) electrons. The Hall–Kier alpha value is -2.25. The summed E-state index contributed by atoms with van der Waals surface area (Å²) in [6.45, 7) is 1.27. The fourth-order valence-corrected chi connectivity index (χ4v) is 4.17. The number of likely N-dealkylation sites (tertiary alicyclic amines) is 1. The molecule has 1 saturated heterocycles. The summed E-state index contributed by atoms with van der Waals surface area (Å²) in [7, 11) is 1.83. The summed E-state index contributed by atoms with van der Waals surface area (Å²) in [5.74, 6) is 1.66. The highest BCUT2D eigenvalue weighted by molar-refractivity contribution is 8.00. The molecular formula is C18H17ClN4O2S. The van der Waals surface area contributed by atoms with Gasteiger partial charge in [0, 0.05) is 24.2 Å². The highest BCUT2D eigenvalue weighted by atomic mass is 35.5. The van der Waals surface area contributed by atoms with E-state index in [1.165, 1.54) is 11.8 Å². The van der Waals surface area contributed by atoms with Gasteiger partial charge in [-0.1, -0.05) is 23.4 Å². The van der Waals surface area contributed by atoms with Crippen molar-refractivity contribution in [1.29, 1.82) is 0 Å². The first-order chi connectivity index (χ1) is 12.6. The second kappa shape index (κ2) is 7.17. The lowest BCUT2D eigenvalue weighted by atomic mass is 10.2. The Morgan fingerprint density at radius 3 is 2.73 bits per heavy atom. The highest BCUT2D eigenvalue weighted by Gasteiger charge is 2.32. The maximum atomic E-state index is 12.3. The molecule has 26 heavy (non-hydrogen) atoms. The van der Waals surface area contributed by atoms with Gasteiger partial charge in [-0.15, -0.1) is 10.2 Å². The zero-order chi connectivity index (χ0) is 18.1. The predicted octanol–water partition coefficient (Wildman–Crippen LogP) is 3.56. The van der Waals surface area contributed by atoms with Crippen molar-refractivity contribution in [3.05, 3.63) is 53.4 Å². The predicted molar refractivity (Wildman–Crippen MR) is 100 cm³/mol. The Labute approximate surface area is 160 Å². The molecule has 0 bridgehead atoms. The number of carbonyl (C=O) groups is 1. The maximum absolute atomic E-state index is 12.3. The number of halogens is 1. The number of rotatable bonds is 5. The summed E-state index contributed by atoms with van der Waals surface area (Å²) in [5, 5.41) is 9.96. The molecule has 6 nitrogen and oxygen atoms in total. The van der Waals surface area contributed by atoms with Crippen molar-refractivity contribution < 1.29 is 9.21 Å². The smallest absolute Gasteiger partial charge is 0.235 e. The second-order valence-corrected chi connectivity index (χ2v) is 7.74. The number of hydrogen-bond donors (Lipinski definition) is 0. The first kappa shape index (κ1) is 17.2. The molecule has 1 aliphatic rings. The number of thioether (sulfide) groups is 1. The molecule has 1 amide bonds. The maximum Gasteiger partial charge on any atom is 0.235 e. The van der Waals surface area contributed by atoms with Crippen molar-refractivity contribution in [2.45, 2.75) is 23.4 Å². The average molecular weight is 389 g/mol. The molecule has 3 heterocycles. The van der Waals surface area contributed by atoms with Crippen LogP contribution in [0.25, 0.3) is 11.4 Å². The van der Waals surface area contributed by atoms with Gasteiger partial charge in [-0.3, -0.25) is 9.36 Å². The Morgan fingerprint density at radius 2 is 2.08 bits per heavy atom. The van der Waals surface area contributed by atoms with Crippen molar-refractivity contribution >= 4 is 29.3 Å². The van der Waals surface area contributed by atoms with Gasteiger partial charge in [-0.05, 0) is 42.8 Å². The standard InChI is InChI=1S/C18H17ClN4O2S/c1-22-9-8-15(17(22)24)26-18-21-20-16(12-4-6-13(19)7-5-12)23(18)11-14-3-2-10-25-14/h2-7,10,15H,8-9,11H2,1H3. The van der Waals surface area contributed by atoms with E-state index >= 15 is 0 Å². The number of benzene rings is 1. The molecule has 4 rings (SSSR count). The summed E-state index contributed by atoms with van der Waals surface area (Å²) in [4.78, 5) is 14.0. The van der Waals surface area contributed by atoms with E-state index in [1.54, 1.807) is 11.2 Å². The fraction of sp³-hybridized carbons (Fsp3) is 0.278. The number of nitrogens with zero attached hydrogens (tertiary/aromatic N) is 4. The molecule has 2 aromatic heterocycles. The lowest BCUT2D eigenvalue weighted by Crippen LogP contribution is -2.24. The van der Waals surface area contributed by atoms with E-state index < -0.39 is 0 Å². The molecule has 134 valence electrons. The first-order valence-electron chi connectivity index (χ1n) is 8.25. The highest BCUT2D eigenvalue weighted by Crippen LogP contribution is 2.32. The number of aromatic nitrogens is 3. The molecule has 8 heteroatoms. The van der Waals surface area contributed by atoms with Gasteiger partial charge in [0.05, 0.1) is 18.1 Å². The van der Waals surface area contributed by atoms with Gasteiger partial charge in [0.2, 0.25) is 5.91 Å². The number of carbonyl (C=O) groups excluding carboxylic acids is 1. The minimum Gasteiger partial charge on any atom is -0.467 e. The average Bonchev–Trinajstić information content (AvgIpc) is 3.35. The van der Waals surface area contributed by atoms with E-state index in [-0.39, 0.29) is 11.2 Å². The monoisotopic (exact) mass is 388 g/mol. The van der Waals surface area contributed by atoms with Crippen LogP contribution in [0.2, 0.25) is 5.02 Å². The van der Waals surface area contributed by atoms with Gasteiger partial charge >= 0.3 is 0 Å². The molecule has 1 atom stereocenters. The molecule has 1 aliphatic heterocycles. The molecule has 1 unspecified atom stereocenters. The molecule has 0 saturated carbocycles. The second-order valence-electron chi connectivity index (χ2n) is 6.13. The van der Waals surface area contributed by atoms with Crippen molar-refractivity contribution in [3.8, 4) is 11.4 Å². The quantitative estimate of drug-likeness (QED) is 0.668. The fourth-order valence-electron chi connectivity index (χ4n) is 2.92. The van der Waals surface area contributed by atoms with Gasteiger partial charge in [0.25, 0.3) is 0 Å². The van der Waals surface area contributed by atoms with Gasteiger partial charge in [0.1, 0.15) is 5.76 Å². The van der Waals surface area contributed by atoms with Crippen molar-refractivity contribution in [3.63, 3.8) is 0 Å². The van der Waals surface area contributed by atoms with Crippen LogP contribution in [0.15, 0.2) is 52.2 Å².